The second-order valence-electron chi connectivity index (χ2n) is 3.65. The highest BCUT2D eigenvalue weighted by atomic mass is 14.0. The van der Waals surface area contributed by atoms with Crippen molar-refractivity contribution in [2.24, 2.45) is 0 Å². The summed E-state index contributed by atoms with van der Waals surface area (Å²) in [5.74, 6) is 0. The highest BCUT2D eigenvalue weighted by Gasteiger charge is 1.90. The SMILES string of the molecule is C/C=C(\C)CCCCCCCC. The first kappa shape index (κ1) is 11.7. The third kappa shape index (κ3) is 7.84. The normalized spacial score (nSPS) is 12.1. The molecule has 0 aromatic carbocycles. The van der Waals surface area contributed by atoms with Crippen molar-refractivity contribution in [2.45, 2.75) is 65.7 Å². The summed E-state index contributed by atoms with van der Waals surface area (Å²) in [6, 6.07) is 0. The molecule has 72 valence electrons. The fraction of sp³-hybridized carbons (Fsp3) is 0.833. The van der Waals surface area contributed by atoms with Crippen LogP contribution in [0.2, 0.25) is 0 Å². The van der Waals surface area contributed by atoms with Crippen molar-refractivity contribution < 1.29 is 0 Å². The third-order valence-electron chi connectivity index (χ3n) is 2.42. The van der Waals surface area contributed by atoms with E-state index in [9.17, 15) is 0 Å². The Kier molecular flexibility index (Phi) is 8.64. The monoisotopic (exact) mass is 168 g/mol. The van der Waals surface area contributed by atoms with Gasteiger partial charge in [-0.2, -0.15) is 0 Å². The van der Waals surface area contributed by atoms with E-state index in [1.165, 1.54) is 44.9 Å². The van der Waals surface area contributed by atoms with Crippen LogP contribution in [-0.4, -0.2) is 0 Å². The first-order valence-corrected chi connectivity index (χ1v) is 5.43. The van der Waals surface area contributed by atoms with Crippen molar-refractivity contribution in [1.82, 2.24) is 0 Å². The van der Waals surface area contributed by atoms with Crippen LogP contribution in [0.25, 0.3) is 0 Å². The quantitative estimate of drug-likeness (QED) is 0.382. The standard InChI is InChI=1S/C12H24/c1-4-6-7-8-9-10-11-12(3)5-2/h5H,4,6-11H2,1-3H3/b12-5+. The Balaban J connectivity index is 3.00. The van der Waals surface area contributed by atoms with Crippen molar-refractivity contribution in [2.75, 3.05) is 0 Å². The topological polar surface area (TPSA) is 0 Å². The van der Waals surface area contributed by atoms with Gasteiger partial charge in [-0.05, 0) is 26.7 Å². The molecule has 0 radical (unpaired) electrons. The first-order valence-electron chi connectivity index (χ1n) is 5.43. The maximum absolute atomic E-state index is 2.27. The molecule has 0 spiro atoms. The molecule has 0 saturated carbocycles. The molecule has 0 atom stereocenters. The average molecular weight is 168 g/mol. The Morgan fingerprint density at radius 3 is 2.17 bits per heavy atom. The highest BCUT2D eigenvalue weighted by Crippen LogP contribution is 2.10. The smallest absolute Gasteiger partial charge is 0.0323 e. The lowest BCUT2D eigenvalue weighted by Gasteiger charge is -2.00. The van der Waals surface area contributed by atoms with Crippen LogP contribution in [0.15, 0.2) is 11.6 Å². The van der Waals surface area contributed by atoms with E-state index in [2.05, 4.69) is 26.8 Å². The average Bonchev–Trinajstić information content (AvgIpc) is 2.10. The minimum absolute atomic E-state index is 1.31. The number of hydrogen-bond acceptors (Lipinski definition) is 0. The molecule has 0 aromatic heterocycles. The van der Waals surface area contributed by atoms with E-state index < -0.39 is 0 Å². The molecule has 12 heavy (non-hydrogen) atoms. The summed E-state index contributed by atoms with van der Waals surface area (Å²) in [4.78, 5) is 0. The minimum Gasteiger partial charge on any atom is -0.0887 e. The van der Waals surface area contributed by atoms with E-state index in [4.69, 9.17) is 0 Å². The first-order chi connectivity index (χ1) is 5.81. The summed E-state index contributed by atoms with van der Waals surface area (Å²) >= 11 is 0. The molecule has 0 N–H and O–H groups in total. The van der Waals surface area contributed by atoms with Crippen LogP contribution < -0.4 is 0 Å². The molecule has 0 heteroatoms. The van der Waals surface area contributed by atoms with Crippen LogP contribution in [-0.2, 0) is 0 Å². The van der Waals surface area contributed by atoms with E-state index in [1.54, 1.807) is 5.57 Å². The van der Waals surface area contributed by atoms with Crippen LogP contribution in [0.1, 0.15) is 65.7 Å². The number of unbranched alkanes of at least 4 members (excludes halogenated alkanes) is 5. The molecule has 0 nitrogen and oxygen atoms in total. The van der Waals surface area contributed by atoms with Crippen molar-refractivity contribution in [3.63, 3.8) is 0 Å². The predicted molar refractivity (Wildman–Crippen MR) is 57.4 cm³/mol. The molecule has 0 fully saturated rings. The zero-order chi connectivity index (χ0) is 9.23. The van der Waals surface area contributed by atoms with Gasteiger partial charge in [-0.3, -0.25) is 0 Å². The molecule has 0 amide bonds. The molecule has 0 aliphatic rings. The minimum atomic E-state index is 1.31. The van der Waals surface area contributed by atoms with E-state index in [1.807, 2.05) is 0 Å². The Bertz CT molecular complexity index is 111. The lowest BCUT2D eigenvalue weighted by molar-refractivity contribution is 0.606. The van der Waals surface area contributed by atoms with Crippen LogP contribution in [0.5, 0.6) is 0 Å². The van der Waals surface area contributed by atoms with Gasteiger partial charge in [-0.15, -0.1) is 0 Å². The molecule has 0 saturated heterocycles. The summed E-state index contributed by atoms with van der Waals surface area (Å²) in [6.07, 6.45) is 12.0. The Hall–Kier alpha value is -0.260. The fourth-order valence-corrected chi connectivity index (χ4v) is 1.33. The van der Waals surface area contributed by atoms with Gasteiger partial charge >= 0.3 is 0 Å². The van der Waals surface area contributed by atoms with Gasteiger partial charge in [0.1, 0.15) is 0 Å². The Labute approximate surface area is 78.1 Å². The maximum Gasteiger partial charge on any atom is -0.0323 e. The highest BCUT2D eigenvalue weighted by molar-refractivity contribution is 4.94. The third-order valence-corrected chi connectivity index (χ3v) is 2.42. The van der Waals surface area contributed by atoms with E-state index in [0.717, 1.165) is 0 Å². The summed E-state index contributed by atoms with van der Waals surface area (Å²) in [5.41, 5.74) is 1.55. The molecular formula is C12H24. The van der Waals surface area contributed by atoms with Crippen molar-refractivity contribution in [3.8, 4) is 0 Å². The van der Waals surface area contributed by atoms with Crippen molar-refractivity contribution in [1.29, 1.82) is 0 Å². The van der Waals surface area contributed by atoms with Crippen molar-refractivity contribution >= 4 is 0 Å². The van der Waals surface area contributed by atoms with Gasteiger partial charge in [0.05, 0.1) is 0 Å². The summed E-state index contributed by atoms with van der Waals surface area (Å²) in [6.45, 7) is 6.63. The number of allylic oxidation sites excluding steroid dienone is 2. The summed E-state index contributed by atoms with van der Waals surface area (Å²) in [5, 5.41) is 0. The molecule has 0 rings (SSSR count). The molecule has 0 unspecified atom stereocenters. The summed E-state index contributed by atoms with van der Waals surface area (Å²) in [7, 11) is 0. The van der Waals surface area contributed by atoms with E-state index >= 15 is 0 Å². The lowest BCUT2D eigenvalue weighted by atomic mass is 10.1. The largest absolute Gasteiger partial charge is 0.0887 e. The van der Waals surface area contributed by atoms with Crippen LogP contribution in [0, 0.1) is 0 Å². The van der Waals surface area contributed by atoms with Gasteiger partial charge < -0.3 is 0 Å². The van der Waals surface area contributed by atoms with Crippen molar-refractivity contribution in [3.05, 3.63) is 11.6 Å². The van der Waals surface area contributed by atoms with Gasteiger partial charge in [0.15, 0.2) is 0 Å². The lowest BCUT2D eigenvalue weighted by Crippen LogP contribution is -1.80. The predicted octanol–water partition coefficient (Wildman–Crippen LogP) is 4.70. The van der Waals surface area contributed by atoms with E-state index in [0.29, 0.717) is 0 Å². The molecule has 0 aliphatic heterocycles. The zero-order valence-electron chi connectivity index (χ0n) is 9.03. The van der Waals surface area contributed by atoms with Crippen LogP contribution in [0.3, 0.4) is 0 Å². The molecule has 0 bridgehead atoms. The zero-order valence-corrected chi connectivity index (χ0v) is 9.03. The fourth-order valence-electron chi connectivity index (χ4n) is 1.33. The number of hydrogen-bond donors (Lipinski definition) is 0. The molecule has 0 aliphatic carbocycles. The molecule has 0 heterocycles. The van der Waals surface area contributed by atoms with E-state index in [-0.39, 0.29) is 0 Å². The number of rotatable bonds is 7. The van der Waals surface area contributed by atoms with Gasteiger partial charge in [0, 0.05) is 0 Å². The maximum atomic E-state index is 2.27. The molecule has 0 aromatic rings. The molecular weight excluding hydrogens is 144 g/mol. The Morgan fingerprint density at radius 1 is 1.00 bits per heavy atom. The van der Waals surface area contributed by atoms with Gasteiger partial charge in [-0.25, -0.2) is 0 Å². The van der Waals surface area contributed by atoms with Gasteiger partial charge in [0.25, 0.3) is 0 Å². The second kappa shape index (κ2) is 8.83. The van der Waals surface area contributed by atoms with Gasteiger partial charge in [0.2, 0.25) is 0 Å². The Morgan fingerprint density at radius 2 is 1.58 bits per heavy atom. The summed E-state index contributed by atoms with van der Waals surface area (Å²) < 4.78 is 0. The second-order valence-corrected chi connectivity index (χ2v) is 3.65. The van der Waals surface area contributed by atoms with Gasteiger partial charge in [-0.1, -0.05) is 50.7 Å². The van der Waals surface area contributed by atoms with Crippen LogP contribution in [0.4, 0.5) is 0 Å². The van der Waals surface area contributed by atoms with Crippen LogP contribution >= 0.6 is 0 Å².